The molecule has 2 amide bonds. The highest BCUT2D eigenvalue weighted by atomic mass is 16.2. The highest BCUT2D eigenvalue weighted by Gasteiger charge is 2.13. The molecule has 6 heteroatoms. The molecule has 0 saturated heterocycles. The molecule has 19 heavy (non-hydrogen) atoms. The van der Waals surface area contributed by atoms with E-state index in [0.29, 0.717) is 11.5 Å². The van der Waals surface area contributed by atoms with Gasteiger partial charge in [-0.2, -0.15) is 0 Å². The number of carbonyl (C=O) groups excluding carboxylic acids is 2. The lowest BCUT2D eigenvalue weighted by Crippen LogP contribution is -2.36. The average Bonchev–Trinajstić information content (AvgIpc) is 2.35. The van der Waals surface area contributed by atoms with Gasteiger partial charge < -0.3 is 16.4 Å². The van der Waals surface area contributed by atoms with E-state index >= 15 is 0 Å². The van der Waals surface area contributed by atoms with Crippen LogP contribution in [-0.2, 0) is 4.79 Å². The largest absolute Gasteiger partial charge is 0.370 e. The van der Waals surface area contributed by atoms with E-state index in [4.69, 9.17) is 5.73 Å². The number of nitrogens with one attached hydrogen (secondary N) is 2. The van der Waals surface area contributed by atoms with Crippen molar-refractivity contribution < 1.29 is 9.59 Å². The Bertz CT molecular complexity index is 448. The van der Waals surface area contributed by atoms with Crippen LogP contribution in [0.1, 0.15) is 37.2 Å². The van der Waals surface area contributed by atoms with Gasteiger partial charge in [0, 0.05) is 19.0 Å². The van der Waals surface area contributed by atoms with E-state index in [0.717, 1.165) is 13.0 Å². The summed E-state index contributed by atoms with van der Waals surface area (Å²) in [7, 11) is 0. The third-order valence-electron chi connectivity index (χ3n) is 2.42. The van der Waals surface area contributed by atoms with Crippen molar-refractivity contribution in [3.05, 3.63) is 23.9 Å². The van der Waals surface area contributed by atoms with Gasteiger partial charge in [-0.1, -0.05) is 13.0 Å². The Balaban J connectivity index is 2.63. The average molecular weight is 264 g/mol. The molecule has 0 aliphatic heterocycles. The number of nitrogens with two attached hydrogens (primary N) is 1. The molecular weight excluding hydrogens is 244 g/mol. The first-order chi connectivity index (χ1) is 9.02. The number of primary amides is 1. The minimum absolute atomic E-state index is 0.111. The van der Waals surface area contributed by atoms with Gasteiger partial charge in [0.05, 0.1) is 0 Å². The molecule has 0 saturated carbocycles. The van der Waals surface area contributed by atoms with Gasteiger partial charge in [-0.3, -0.25) is 9.59 Å². The Morgan fingerprint density at radius 3 is 2.79 bits per heavy atom. The predicted octanol–water partition coefficient (Wildman–Crippen LogP) is 0.897. The van der Waals surface area contributed by atoms with Crippen LogP contribution < -0.4 is 16.4 Å². The van der Waals surface area contributed by atoms with Crippen LogP contribution in [0.2, 0.25) is 0 Å². The molecule has 6 nitrogen and oxygen atoms in total. The van der Waals surface area contributed by atoms with Gasteiger partial charge in [0.1, 0.15) is 11.5 Å². The van der Waals surface area contributed by atoms with Gasteiger partial charge in [-0.05, 0) is 25.5 Å². The summed E-state index contributed by atoms with van der Waals surface area (Å²) in [5.41, 5.74) is 5.39. The molecule has 1 atom stereocenters. The zero-order valence-electron chi connectivity index (χ0n) is 11.3. The van der Waals surface area contributed by atoms with Gasteiger partial charge in [0.25, 0.3) is 5.91 Å². The third kappa shape index (κ3) is 5.37. The summed E-state index contributed by atoms with van der Waals surface area (Å²) in [5, 5.41) is 5.79. The molecule has 0 aromatic carbocycles. The number of rotatable bonds is 7. The number of carbonyl (C=O) groups is 2. The van der Waals surface area contributed by atoms with Crippen molar-refractivity contribution >= 4 is 17.6 Å². The van der Waals surface area contributed by atoms with Gasteiger partial charge in [0.2, 0.25) is 5.91 Å². The van der Waals surface area contributed by atoms with Crippen LogP contribution >= 0.6 is 0 Å². The maximum atomic E-state index is 11.9. The highest BCUT2D eigenvalue weighted by Crippen LogP contribution is 2.05. The maximum Gasteiger partial charge on any atom is 0.270 e. The monoisotopic (exact) mass is 264 g/mol. The molecular formula is C13H20N4O2. The lowest BCUT2D eigenvalue weighted by molar-refractivity contribution is -0.118. The SMILES string of the molecule is CCCNc1cccc(C(=O)NC(C)CC(N)=O)n1. The topological polar surface area (TPSA) is 97.1 Å². The fourth-order valence-electron chi connectivity index (χ4n) is 1.56. The normalized spacial score (nSPS) is 11.7. The Morgan fingerprint density at radius 2 is 2.16 bits per heavy atom. The van der Waals surface area contributed by atoms with Crippen LogP contribution in [0, 0.1) is 0 Å². The van der Waals surface area contributed by atoms with E-state index in [2.05, 4.69) is 22.5 Å². The second kappa shape index (κ2) is 7.35. The molecule has 1 aromatic rings. The second-order valence-electron chi connectivity index (χ2n) is 4.38. The maximum absolute atomic E-state index is 11.9. The summed E-state index contributed by atoms with van der Waals surface area (Å²) in [6.45, 7) is 4.58. The predicted molar refractivity (Wildman–Crippen MR) is 73.8 cm³/mol. The van der Waals surface area contributed by atoms with Crippen LogP contribution in [0.15, 0.2) is 18.2 Å². The second-order valence-corrected chi connectivity index (χ2v) is 4.38. The molecule has 0 spiro atoms. The number of aromatic nitrogens is 1. The zero-order chi connectivity index (χ0) is 14.3. The van der Waals surface area contributed by atoms with E-state index < -0.39 is 5.91 Å². The molecule has 0 fully saturated rings. The number of pyridine rings is 1. The summed E-state index contributed by atoms with van der Waals surface area (Å²) in [5.74, 6) is -0.0925. The van der Waals surface area contributed by atoms with Crippen molar-refractivity contribution in [2.24, 2.45) is 5.73 Å². The molecule has 0 bridgehead atoms. The number of nitrogens with zero attached hydrogens (tertiary/aromatic N) is 1. The molecule has 1 rings (SSSR count). The Hall–Kier alpha value is -2.11. The van der Waals surface area contributed by atoms with Gasteiger partial charge in [-0.25, -0.2) is 4.98 Å². The van der Waals surface area contributed by atoms with Crippen LogP contribution in [-0.4, -0.2) is 29.4 Å². The van der Waals surface area contributed by atoms with Gasteiger partial charge in [0.15, 0.2) is 0 Å². The summed E-state index contributed by atoms with van der Waals surface area (Å²) >= 11 is 0. The quantitative estimate of drug-likeness (QED) is 0.681. The molecule has 1 unspecified atom stereocenters. The van der Waals surface area contributed by atoms with Crippen molar-refractivity contribution in [1.82, 2.24) is 10.3 Å². The molecule has 1 heterocycles. The first-order valence-corrected chi connectivity index (χ1v) is 6.33. The standard InChI is InChI=1S/C13H20N4O2/c1-3-7-15-12-6-4-5-10(17-12)13(19)16-9(2)8-11(14)18/h4-6,9H,3,7-8H2,1-2H3,(H2,14,18)(H,15,17)(H,16,19). The highest BCUT2D eigenvalue weighted by molar-refractivity contribution is 5.93. The summed E-state index contributed by atoms with van der Waals surface area (Å²) in [6, 6.07) is 4.89. The minimum atomic E-state index is -0.445. The Morgan fingerprint density at radius 1 is 1.42 bits per heavy atom. The molecule has 0 aliphatic carbocycles. The molecule has 104 valence electrons. The minimum Gasteiger partial charge on any atom is -0.370 e. The van der Waals surface area contributed by atoms with Crippen molar-refractivity contribution in [3.63, 3.8) is 0 Å². The van der Waals surface area contributed by atoms with Crippen molar-refractivity contribution in [2.75, 3.05) is 11.9 Å². The fourth-order valence-corrected chi connectivity index (χ4v) is 1.56. The van der Waals surface area contributed by atoms with E-state index in [1.165, 1.54) is 0 Å². The van der Waals surface area contributed by atoms with E-state index in [-0.39, 0.29) is 18.4 Å². The lowest BCUT2D eigenvalue weighted by Gasteiger charge is -2.12. The summed E-state index contributed by atoms with van der Waals surface area (Å²) in [4.78, 5) is 26.9. The first-order valence-electron chi connectivity index (χ1n) is 6.33. The van der Waals surface area contributed by atoms with E-state index in [9.17, 15) is 9.59 Å². The number of hydrogen-bond donors (Lipinski definition) is 3. The number of anilines is 1. The molecule has 4 N–H and O–H groups in total. The first kappa shape index (κ1) is 14.9. The van der Waals surface area contributed by atoms with Crippen LogP contribution in [0.4, 0.5) is 5.82 Å². The van der Waals surface area contributed by atoms with Gasteiger partial charge in [-0.15, -0.1) is 0 Å². The van der Waals surface area contributed by atoms with Gasteiger partial charge >= 0.3 is 0 Å². The third-order valence-corrected chi connectivity index (χ3v) is 2.42. The summed E-state index contributed by atoms with van der Waals surface area (Å²) in [6.07, 6.45) is 1.09. The molecule has 1 aromatic heterocycles. The Kier molecular flexibility index (Phi) is 5.78. The van der Waals surface area contributed by atoms with Crippen LogP contribution in [0.25, 0.3) is 0 Å². The number of amides is 2. The summed E-state index contributed by atoms with van der Waals surface area (Å²) < 4.78 is 0. The van der Waals surface area contributed by atoms with E-state index in [1.807, 2.05) is 0 Å². The Labute approximate surface area is 112 Å². The fraction of sp³-hybridized carbons (Fsp3) is 0.462. The molecule has 0 aliphatic rings. The number of hydrogen-bond acceptors (Lipinski definition) is 4. The lowest BCUT2D eigenvalue weighted by atomic mass is 10.2. The van der Waals surface area contributed by atoms with Crippen LogP contribution in [0.5, 0.6) is 0 Å². The zero-order valence-corrected chi connectivity index (χ0v) is 11.3. The van der Waals surface area contributed by atoms with Crippen molar-refractivity contribution in [2.45, 2.75) is 32.7 Å². The smallest absolute Gasteiger partial charge is 0.270 e. The van der Waals surface area contributed by atoms with Crippen molar-refractivity contribution in [1.29, 1.82) is 0 Å². The molecule has 0 radical (unpaired) electrons. The van der Waals surface area contributed by atoms with E-state index in [1.54, 1.807) is 25.1 Å². The van der Waals surface area contributed by atoms with Crippen molar-refractivity contribution in [3.8, 4) is 0 Å². The van der Waals surface area contributed by atoms with Crippen LogP contribution in [0.3, 0.4) is 0 Å².